The highest BCUT2D eigenvalue weighted by Gasteiger charge is 2.13. The molecule has 1 aromatic rings. The van der Waals surface area contributed by atoms with Gasteiger partial charge in [-0.05, 0) is 25.5 Å². The summed E-state index contributed by atoms with van der Waals surface area (Å²) in [5.41, 5.74) is 6.35. The van der Waals surface area contributed by atoms with Crippen molar-refractivity contribution < 1.29 is 4.79 Å². The summed E-state index contributed by atoms with van der Waals surface area (Å²) in [7, 11) is 0. The molecule has 2 N–H and O–H groups in total. The van der Waals surface area contributed by atoms with Crippen LogP contribution in [0.15, 0.2) is 36.4 Å². The minimum Gasteiger partial charge on any atom is -0.325 e. The van der Waals surface area contributed by atoms with Crippen LogP contribution in [0.2, 0.25) is 0 Å². The van der Waals surface area contributed by atoms with Crippen molar-refractivity contribution in [2.24, 2.45) is 5.73 Å². The van der Waals surface area contributed by atoms with Crippen LogP contribution < -0.4 is 5.73 Å². The predicted molar refractivity (Wildman–Crippen MR) is 63.4 cm³/mol. The van der Waals surface area contributed by atoms with E-state index in [2.05, 4.69) is 0 Å². The minimum absolute atomic E-state index is 0.0614. The summed E-state index contributed by atoms with van der Waals surface area (Å²) in [5.74, 6) is 0.0614. The fraction of sp³-hybridized carbons (Fsp3) is 0.308. The van der Waals surface area contributed by atoms with Gasteiger partial charge in [0.05, 0.1) is 0 Å². The Hall–Kier alpha value is -1.41. The first-order valence-corrected chi connectivity index (χ1v) is 5.02. The van der Waals surface area contributed by atoms with Gasteiger partial charge in [-0.3, -0.25) is 4.79 Å². The molecule has 0 aliphatic rings. The van der Waals surface area contributed by atoms with Crippen molar-refractivity contribution >= 4 is 11.9 Å². The lowest BCUT2D eigenvalue weighted by atomic mass is 9.99. The van der Waals surface area contributed by atoms with Gasteiger partial charge in [0.25, 0.3) is 0 Å². The summed E-state index contributed by atoms with van der Waals surface area (Å²) in [4.78, 5) is 11.5. The van der Waals surface area contributed by atoms with Crippen molar-refractivity contribution in [2.45, 2.75) is 25.8 Å². The first-order valence-electron chi connectivity index (χ1n) is 5.02. The van der Waals surface area contributed by atoms with Crippen molar-refractivity contribution in [3.05, 3.63) is 42.0 Å². The average molecular weight is 203 g/mol. The van der Waals surface area contributed by atoms with Gasteiger partial charge in [-0.2, -0.15) is 0 Å². The number of nitrogens with two attached hydrogens (primary N) is 1. The topological polar surface area (TPSA) is 43.1 Å². The predicted octanol–water partition coefficient (Wildman–Crippen LogP) is 2.40. The summed E-state index contributed by atoms with van der Waals surface area (Å²) in [6, 6.07) is 9.74. The lowest BCUT2D eigenvalue weighted by Gasteiger charge is -2.15. The summed E-state index contributed by atoms with van der Waals surface area (Å²) < 4.78 is 0. The van der Waals surface area contributed by atoms with E-state index in [-0.39, 0.29) is 5.78 Å². The van der Waals surface area contributed by atoms with E-state index in [1.54, 1.807) is 6.08 Å². The van der Waals surface area contributed by atoms with Gasteiger partial charge in [-0.1, -0.05) is 36.4 Å². The monoisotopic (exact) mass is 203 g/mol. The molecule has 80 valence electrons. The summed E-state index contributed by atoms with van der Waals surface area (Å²) >= 11 is 0. The molecule has 1 rings (SSSR count). The van der Waals surface area contributed by atoms with E-state index in [9.17, 15) is 4.79 Å². The number of hydrogen-bond donors (Lipinski definition) is 1. The Bertz CT molecular complexity index is 347. The van der Waals surface area contributed by atoms with Crippen LogP contribution in [0.5, 0.6) is 0 Å². The largest absolute Gasteiger partial charge is 0.325 e. The number of rotatable bonds is 4. The Labute approximate surface area is 90.8 Å². The molecule has 2 nitrogen and oxygen atoms in total. The van der Waals surface area contributed by atoms with Crippen LogP contribution in [-0.2, 0) is 4.79 Å². The number of ketones is 1. The molecule has 0 aliphatic heterocycles. The van der Waals surface area contributed by atoms with Crippen molar-refractivity contribution in [2.75, 3.05) is 0 Å². The van der Waals surface area contributed by atoms with Crippen molar-refractivity contribution in [1.29, 1.82) is 0 Å². The third kappa shape index (κ3) is 5.13. The summed E-state index contributed by atoms with van der Waals surface area (Å²) in [5, 5.41) is 0. The van der Waals surface area contributed by atoms with Crippen LogP contribution in [0.3, 0.4) is 0 Å². The lowest BCUT2D eigenvalue weighted by Crippen LogP contribution is -2.34. The van der Waals surface area contributed by atoms with Gasteiger partial charge >= 0.3 is 0 Å². The highest BCUT2D eigenvalue weighted by atomic mass is 16.1. The molecule has 0 fully saturated rings. The fourth-order valence-electron chi connectivity index (χ4n) is 1.26. The Balaban J connectivity index is 2.56. The Morgan fingerprint density at radius 3 is 2.47 bits per heavy atom. The quantitative estimate of drug-likeness (QED) is 0.763. The number of hydrogen-bond acceptors (Lipinski definition) is 2. The fourth-order valence-corrected chi connectivity index (χ4v) is 1.26. The zero-order chi connectivity index (χ0) is 11.3. The molecule has 0 unspecified atom stereocenters. The number of allylic oxidation sites excluding steroid dienone is 1. The summed E-state index contributed by atoms with van der Waals surface area (Å²) in [6.07, 6.45) is 3.77. The SMILES string of the molecule is CC(C)(N)CC(=O)C=Cc1ccccc1. The van der Waals surface area contributed by atoms with E-state index < -0.39 is 5.54 Å². The second-order valence-electron chi connectivity index (χ2n) is 4.38. The molecular formula is C13H17NO. The second kappa shape index (κ2) is 4.89. The van der Waals surface area contributed by atoms with E-state index in [0.717, 1.165) is 5.56 Å². The second-order valence-corrected chi connectivity index (χ2v) is 4.38. The van der Waals surface area contributed by atoms with Crippen LogP contribution in [0.1, 0.15) is 25.8 Å². The van der Waals surface area contributed by atoms with Crippen LogP contribution >= 0.6 is 0 Å². The molecule has 0 aliphatic carbocycles. The van der Waals surface area contributed by atoms with Gasteiger partial charge in [-0.15, -0.1) is 0 Å². The van der Waals surface area contributed by atoms with Gasteiger partial charge in [0, 0.05) is 12.0 Å². The Morgan fingerprint density at radius 1 is 1.33 bits per heavy atom. The molecule has 0 atom stereocenters. The van der Waals surface area contributed by atoms with E-state index in [0.29, 0.717) is 6.42 Å². The van der Waals surface area contributed by atoms with Crippen LogP contribution in [0.4, 0.5) is 0 Å². The first kappa shape index (κ1) is 11.7. The van der Waals surface area contributed by atoms with Crippen molar-refractivity contribution in [1.82, 2.24) is 0 Å². The van der Waals surface area contributed by atoms with Crippen LogP contribution in [0, 0.1) is 0 Å². The third-order valence-corrected chi connectivity index (χ3v) is 1.89. The highest BCUT2D eigenvalue weighted by Crippen LogP contribution is 2.06. The standard InChI is InChI=1S/C13H17NO/c1-13(2,14)10-12(15)9-8-11-6-4-3-5-7-11/h3-9H,10,14H2,1-2H3. The van der Waals surface area contributed by atoms with E-state index in [1.807, 2.05) is 50.3 Å². The number of carbonyl (C=O) groups is 1. The molecule has 1 aromatic carbocycles. The number of benzene rings is 1. The van der Waals surface area contributed by atoms with Gasteiger partial charge in [0.15, 0.2) is 5.78 Å². The minimum atomic E-state index is -0.432. The average Bonchev–Trinajstić information content (AvgIpc) is 2.14. The van der Waals surface area contributed by atoms with Crippen LogP contribution in [0.25, 0.3) is 6.08 Å². The molecule has 0 bridgehead atoms. The highest BCUT2D eigenvalue weighted by molar-refractivity contribution is 5.94. The lowest BCUT2D eigenvalue weighted by molar-refractivity contribution is -0.115. The zero-order valence-corrected chi connectivity index (χ0v) is 9.23. The molecule has 0 saturated carbocycles. The molecule has 0 aromatic heterocycles. The van der Waals surface area contributed by atoms with Crippen molar-refractivity contribution in [3.63, 3.8) is 0 Å². The molecule has 0 amide bonds. The first-order chi connectivity index (χ1) is 6.97. The smallest absolute Gasteiger partial charge is 0.157 e. The Morgan fingerprint density at radius 2 is 1.93 bits per heavy atom. The molecule has 15 heavy (non-hydrogen) atoms. The molecule has 0 saturated heterocycles. The van der Waals surface area contributed by atoms with Gasteiger partial charge in [0.1, 0.15) is 0 Å². The van der Waals surface area contributed by atoms with Gasteiger partial charge < -0.3 is 5.73 Å². The zero-order valence-electron chi connectivity index (χ0n) is 9.23. The molecule has 0 heterocycles. The van der Waals surface area contributed by atoms with Gasteiger partial charge in [-0.25, -0.2) is 0 Å². The van der Waals surface area contributed by atoms with Gasteiger partial charge in [0.2, 0.25) is 0 Å². The van der Waals surface area contributed by atoms with E-state index >= 15 is 0 Å². The third-order valence-electron chi connectivity index (χ3n) is 1.89. The number of carbonyl (C=O) groups excluding carboxylic acids is 1. The molecule has 2 heteroatoms. The van der Waals surface area contributed by atoms with Crippen molar-refractivity contribution in [3.8, 4) is 0 Å². The van der Waals surface area contributed by atoms with E-state index in [1.165, 1.54) is 0 Å². The maximum atomic E-state index is 11.5. The van der Waals surface area contributed by atoms with E-state index in [4.69, 9.17) is 5.73 Å². The molecular weight excluding hydrogens is 186 g/mol. The normalized spacial score (nSPS) is 11.9. The maximum absolute atomic E-state index is 11.5. The summed E-state index contributed by atoms with van der Waals surface area (Å²) in [6.45, 7) is 3.70. The molecule has 0 radical (unpaired) electrons. The van der Waals surface area contributed by atoms with Crippen LogP contribution in [-0.4, -0.2) is 11.3 Å². The molecule has 0 spiro atoms. The Kier molecular flexibility index (Phi) is 3.81. The maximum Gasteiger partial charge on any atom is 0.157 e.